The number of esters is 1. The number of anilines is 2. The molecule has 0 spiro atoms. The van der Waals surface area contributed by atoms with E-state index >= 15 is 0 Å². The van der Waals surface area contributed by atoms with Gasteiger partial charge in [-0.25, -0.2) is 4.98 Å². The molecule has 30 heavy (non-hydrogen) atoms. The number of carbonyl (C=O) groups is 3. The zero-order valence-corrected chi connectivity index (χ0v) is 17.4. The highest BCUT2D eigenvalue weighted by atomic mass is 16.6. The van der Waals surface area contributed by atoms with Crippen LogP contribution >= 0.6 is 0 Å². The van der Waals surface area contributed by atoms with Crippen molar-refractivity contribution in [2.24, 2.45) is 0 Å². The third-order valence-corrected chi connectivity index (χ3v) is 5.15. The fourth-order valence-electron chi connectivity index (χ4n) is 3.81. The first kappa shape index (κ1) is 20.1. The van der Waals surface area contributed by atoms with E-state index in [4.69, 9.17) is 4.74 Å². The minimum Gasteiger partial charge on any atom is -0.460 e. The van der Waals surface area contributed by atoms with Crippen molar-refractivity contribution in [1.29, 1.82) is 0 Å². The predicted molar refractivity (Wildman–Crippen MR) is 113 cm³/mol. The monoisotopic (exact) mass is 407 g/mol. The van der Waals surface area contributed by atoms with Gasteiger partial charge >= 0.3 is 5.97 Å². The van der Waals surface area contributed by atoms with Gasteiger partial charge < -0.3 is 15.0 Å². The molecule has 2 aliphatic rings. The summed E-state index contributed by atoms with van der Waals surface area (Å²) in [6, 6.07) is 7.76. The van der Waals surface area contributed by atoms with Gasteiger partial charge in [-0.1, -0.05) is 12.1 Å². The van der Waals surface area contributed by atoms with E-state index < -0.39 is 5.60 Å². The van der Waals surface area contributed by atoms with Crippen LogP contribution in [0.25, 0.3) is 0 Å². The van der Waals surface area contributed by atoms with E-state index in [0.717, 1.165) is 28.8 Å². The molecule has 1 aromatic heterocycles. The van der Waals surface area contributed by atoms with Gasteiger partial charge in [0.05, 0.1) is 12.0 Å². The van der Waals surface area contributed by atoms with Crippen LogP contribution in [0.1, 0.15) is 54.2 Å². The Morgan fingerprint density at radius 1 is 1.20 bits per heavy atom. The van der Waals surface area contributed by atoms with E-state index in [-0.39, 0.29) is 24.2 Å². The Hall–Kier alpha value is -3.22. The van der Waals surface area contributed by atoms with E-state index in [1.165, 1.54) is 6.20 Å². The van der Waals surface area contributed by atoms with Gasteiger partial charge in [0, 0.05) is 30.4 Å². The number of aryl methyl sites for hydroxylation is 1. The Kier molecular flexibility index (Phi) is 5.05. The number of nitrogens with zero attached hydrogens (tertiary/aromatic N) is 2. The topological polar surface area (TPSA) is 88.6 Å². The first-order valence-corrected chi connectivity index (χ1v) is 10.1. The number of hydrogen-bond acceptors (Lipinski definition) is 5. The molecular formula is C23H25N3O4. The van der Waals surface area contributed by atoms with Crippen LogP contribution in [0.15, 0.2) is 30.5 Å². The van der Waals surface area contributed by atoms with Crippen molar-refractivity contribution >= 4 is 29.3 Å². The van der Waals surface area contributed by atoms with Gasteiger partial charge in [0.1, 0.15) is 11.4 Å². The molecule has 0 saturated heterocycles. The standard InChI is InChI=1S/C23H25N3O4/c1-23(2,3)30-20(28)7-5-14-4-6-15-8-9-26(18(15)10-14)22(29)17-11-16-12-19(27)25-21(16)24-13-17/h4,6,10-11,13H,5,7-9,12H2,1-3H3,(H,24,25,27). The normalized spacial score (nSPS) is 14.9. The summed E-state index contributed by atoms with van der Waals surface area (Å²) in [7, 11) is 0. The molecule has 2 aromatic rings. The lowest BCUT2D eigenvalue weighted by Crippen LogP contribution is -2.29. The number of hydrogen-bond donors (Lipinski definition) is 1. The fourth-order valence-corrected chi connectivity index (χ4v) is 3.81. The van der Waals surface area contributed by atoms with Crippen molar-refractivity contribution < 1.29 is 19.1 Å². The lowest BCUT2D eigenvalue weighted by atomic mass is 10.0. The van der Waals surface area contributed by atoms with Crippen molar-refractivity contribution in [1.82, 2.24) is 4.98 Å². The van der Waals surface area contributed by atoms with Gasteiger partial charge in [0.2, 0.25) is 5.91 Å². The zero-order valence-electron chi connectivity index (χ0n) is 17.4. The predicted octanol–water partition coefficient (Wildman–Crippen LogP) is 3.05. The van der Waals surface area contributed by atoms with E-state index in [1.807, 2.05) is 39.0 Å². The van der Waals surface area contributed by atoms with Crippen LogP contribution in [0.5, 0.6) is 0 Å². The molecule has 7 heteroatoms. The average molecular weight is 407 g/mol. The summed E-state index contributed by atoms with van der Waals surface area (Å²) in [6.45, 7) is 6.15. The largest absolute Gasteiger partial charge is 0.460 e. The first-order valence-electron chi connectivity index (χ1n) is 10.1. The Morgan fingerprint density at radius 3 is 2.77 bits per heavy atom. The average Bonchev–Trinajstić information content (AvgIpc) is 3.25. The van der Waals surface area contributed by atoms with Gasteiger partial charge in [-0.15, -0.1) is 0 Å². The lowest BCUT2D eigenvalue weighted by Gasteiger charge is -2.20. The van der Waals surface area contributed by atoms with Gasteiger partial charge in [0.15, 0.2) is 0 Å². The smallest absolute Gasteiger partial charge is 0.306 e. The SMILES string of the molecule is CC(C)(C)OC(=O)CCc1ccc2c(c1)N(C(=O)c1cnc3c(c1)CC(=O)N3)CC2. The van der Waals surface area contributed by atoms with Gasteiger partial charge in [0.25, 0.3) is 5.91 Å². The maximum Gasteiger partial charge on any atom is 0.306 e. The van der Waals surface area contributed by atoms with E-state index in [1.54, 1.807) is 11.0 Å². The second-order valence-corrected chi connectivity index (χ2v) is 8.71. The lowest BCUT2D eigenvalue weighted by molar-refractivity contribution is -0.154. The third-order valence-electron chi connectivity index (χ3n) is 5.15. The van der Waals surface area contributed by atoms with Crippen LogP contribution in [0.3, 0.4) is 0 Å². The van der Waals surface area contributed by atoms with Crippen molar-refractivity contribution in [3.63, 3.8) is 0 Å². The second kappa shape index (κ2) is 7.55. The molecule has 0 fully saturated rings. The number of fused-ring (bicyclic) bond motifs is 2. The van der Waals surface area contributed by atoms with Gasteiger partial charge in [-0.3, -0.25) is 14.4 Å². The van der Waals surface area contributed by atoms with Crippen LogP contribution in [0.4, 0.5) is 11.5 Å². The minimum atomic E-state index is -0.498. The van der Waals surface area contributed by atoms with Crippen LogP contribution in [0.2, 0.25) is 0 Å². The summed E-state index contributed by atoms with van der Waals surface area (Å²) >= 11 is 0. The molecule has 2 aliphatic heterocycles. The van der Waals surface area contributed by atoms with Crippen LogP contribution in [-0.4, -0.2) is 34.9 Å². The number of benzene rings is 1. The third kappa shape index (κ3) is 4.20. The molecule has 0 aliphatic carbocycles. The van der Waals surface area contributed by atoms with Crippen molar-refractivity contribution in [2.45, 2.75) is 52.1 Å². The number of ether oxygens (including phenoxy) is 1. The number of rotatable bonds is 4. The highest BCUT2D eigenvalue weighted by molar-refractivity contribution is 6.08. The molecule has 0 bridgehead atoms. The highest BCUT2D eigenvalue weighted by Gasteiger charge is 2.28. The summed E-state index contributed by atoms with van der Waals surface area (Å²) in [5.41, 5.74) is 3.68. The zero-order chi connectivity index (χ0) is 21.5. The summed E-state index contributed by atoms with van der Waals surface area (Å²) in [6.07, 6.45) is 3.38. The molecular weight excluding hydrogens is 382 g/mol. The van der Waals surface area contributed by atoms with Crippen molar-refractivity contribution in [3.8, 4) is 0 Å². The Labute approximate surface area is 175 Å². The van der Waals surface area contributed by atoms with E-state index in [9.17, 15) is 14.4 Å². The molecule has 0 radical (unpaired) electrons. The van der Waals surface area contributed by atoms with Crippen LogP contribution < -0.4 is 10.2 Å². The Morgan fingerprint density at radius 2 is 2.00 bits per heavy atom. The minimum absolute atomic E-state index is 0.108. The molecule has 156 valence electrons. The molecule has 7 nitrogen and oxygen atoms in total. The molecule has 1 N–H and O–H groups in total. The summed E-state index contributed by atoms with van der Waals surface area (Å²) in [5.74, 6) is 0.0574. The quantitative estimate of drug-likeness (QED) is 0.787. The summed E-state index contributed by atoms with van der Waals surface area (Å²) < 4.78 is 5.37. The molecule has 0 unspecified atom stereocenters. The molecule has 4 rings (SSSR count). The Bertz CT molecular complexity index is 1040. The number of nitrogens with one attached hydrogen (secondary N) is 1. The molecule has 3 heterocycles. The molecule has 2 amide bonds. The fraction of sp³-hybridized carbons (Fsp3) is 0.391. The van der Waals surface area contributed by atoms with E-state index in [0.29, 0.717) is 30.8 Å². The van der Waals surface area contributed by atoms with Gasteiger partial charge in [-0.2, -0.15) is 0 Å². The second-order valence-electron chi connectivity index (χ2n) is 8.71. The summed E-state index contributed by atoms with van der Waals surface area (Å²) in [4.78, 5) is 42.7. The maximum atomic E-state index is 13.1. The number of pyridine rings is 1. The van der Waals surface area contributed by atoms with Crippen molar-refractivity contribution in [3.05, 3.63) is 52.7 Å². The number of aromatic nitrogens is 1. The van der Waals surface area contributed by atoms with E-state index in [2.05, 4.69) is 10.3 Å². The van der Waals surface area contributed by atoms with Gasteiger partial charge in [-0.05, 0) is 56.9 Å². The maximum absolute atomic E-state index is 13.1. The molecule has 1 aromatic carbocycles. The van der Waals surface area contributed by atoms with Crippen LogP contribution in [-0.2, 0) is 33.6 Å². The molecule has 0 saturated carbocycles. The van der Waals surface area contributed by atoms with Crippen molar-refractivity contribution in [2.75, 3.05) is 16.8 Å². The highest BCUT2D eigenvalue weighted by Crippen LogP contribution is 2.31. The number of carbonyl (C=O) groups excluding carboxylic acids is 3. The molecule has 0 atom stereocenters. The number of amides is 2. The first-order chi connectivity index (χ1) is 14.2. The van der Waals surface area contributed by atoms with Crippen LogP contribution in [0, 0.1) is 0 Å². The Balaban J connectivity index is 1.49. The summed E-state index contributed by atoms with van der Waals surface area (Å²) in [5, 5.41) is 2.68.